The van der Waals surface area contributed by atoms with Crippen LogP contribution in [0.4, 0.5) is 0 Å². The summed E-state index contributed by atoms with van der Waals surface area (Å²) in [5.41, 5.74) is 2.88. The summed E-state index contributed by atoms with van der Waals surface area (Å²) in [6.07, 6.45) is 0. The van der Waals surface area contributed by atoms with Gasteiger partial charge < -0.3 is 4.42 Å². The monoisotopic (exact) mass is 478 g/mol. The Labute approximate surface area is 196 Å². The standard InChI is InChI=1S/C25H18N2O4S.ClH/c1-16-6-2-5-9-24(16)32(29,30)27-25(28)18-11-13-22-19(14-18)15-23(31-22)21-12-10-17-7-3-4-8-20(17)26-21;/h2-15H,1H3,(H,27,28);1H. The van der Waals surface area contributed by atoms with Crippen LogP contribution in [0.15, 0.2) is 94.2 Å². The molecule has 33 heavy (non-hydrogen) atoms. The smallest absolute Gasteiger partial charge is 0.265 e. The number of nitrogens with one attached hydrogen (secondary N) is 1. The fourth-order valence-electron chi connectivity index (χ4n) is 3.61. The Balaban J connectivity index is 0.00000259. The van der Waals surface area contributed by atoms with Crippen LogP contribution in [0, 0.1) is 6.92 Å². The molecule has 5 aromatic rings. The molecule has 8 heteroatoms. The molecule has 0 fully saturated rings. The number of halogens is 1. The SMILES string of the molecule is Cc1ccccc1S(=O)(=O)NC(=O)c1ccc2oc(-c3ccc4ccccc4n3)cc2c1.Cl. The van der Waals surface area contributed by atoms with Gasteiger partial charge in [-0.1, -0.05) is 42.5 Å². The third-order valence-corrected chi connectivity index (χ3v) is 6.73. The number of para-hydroxylation sites is 1. The van der Waals surface area contributed by atoms with E-state index >= 15 is 0 Å². The summed E-state index contributed by atoms with van der Waals surface area (Å²) in [5.74, 6) is -0.141. The number of furan rings is 1. The van der Waals surface area contributed by atoms with Crippen molar-refractivity contribution >= 4 is 50.2 Å². The molecule has 1 N–H and O–H groups in total. The van der Waals surface area contributed by atoms with Gasteiger partial charge in [0, 0.05) is 16.3 Å². The van der Waals surface area contributed by atoms with Gasteiger partial charge in [-0.15, -0.1) is 12.4 Å². The molecule has 2 heterocycles. The minimum absolute atomic E-state index is 0. The minimum atomic E-state index is -3.98. The van der Waals surface area contributed by atoms with Crippen molar-refractivity contribution in [1.82, 2.24) is 9.71 Å². The van der Waals surface area contributed by atoms with Crippen molar-refractivity contribution in [2.24, 2.45) is 0 Å². The normalized spacial score (nSPS) is 11.3. The van der Waals surface area contributed by atoms with E-state index in [1.165, 1.54) is 12.1 Å². The van der Waals surface area contributed by atoms with Crippen LogP contribution in [0.5, 0.6) is 0 Å². The summed E-state index contributed by atoms with van der Waals surface area (Å²) in [7, 11) is -3.98. The average molecular weight is 479 g/mol. The van der Waals surface area contributed by atoms with Crippen molar-refractivity contribution in [3.05, 3.63) is 96.1 Å². The van der Waals surface area contributed by atoms with Gasteiger partial charge >= 0.3 is 0 Å². The van der Waals surface area contributed by atoms with Crippen LogP contribution in [-0.2, 0) is 10.0 Å². The van der Waals surface area contributed by atoms with Gasteiger partial charge in [0.15, 0.2) is 5.76 Å². The predicted octanol–water partition coefficient (Wildman–Crippen LogP) is 5.50. The van der Waals surface area contributed by atoms with Gasteiger partial charge in [0.25, 0.3) is 15.9 Å². The zero-order chi connectivity index (χ0) is 22.3. The van der Waals surface area contributed by atoms with Gasteiger partial charge in [-0.25, -0.2) is 18.1 Å². The molecular formula is C25H19ClN2O4S. The van der Waals surface area contributed by atoms with E-state index in [2.05, 4.69) is 9.71 Å². The molecule has 0 saturated carbocycles. The lowest BCUT2D eigenvalue weighted by atomic mass is 10.1. The maximum absolute atomic E-state index is 12.7. The Hall–Kier alpha value is -3.68. The maximum Gasteiger partial charge on any atom is 0.265 e. The Bertz CT molecular complexity index is 1610. The molecule has 3 aromatic carbocycles. The molecule has 6 nitrogen and oxygen atoms in total. The first-order chi connectivity index (χ1) is 15.4. The fourth-order valence-corrected chi connectivity index (χ4v) is 4.83. The molecule has 0 spiro atoms. The number of hydrogen-bond donors (Lipinski definition) is 1. The fraction of sp³-hybridized carbons (Fsp3) is 0.0400. The Morgan fingerprint density at radius 3 is 2.45 bits per heavy atom. The molecule has 0 bridgehead atoms. The lowest BCUT2D eigenvalue weighted by molar-refractivity contribution is 0.0981. The molecule has 166 valence electrons. The molecule has 2 aromatic heterocycles. The van der Waals surface area contributed by atoms with Crippen molar-refractivity contribution in [2.45, 2.75) is 11.8 Å². The molecule has 0 radical (unpaired) electrons. The van der Waals surface area contributed by atoms with Crippen molar-refractivity contribution in [3.8, 4) is 11.5 Å². The first kappa shape index (κ1) is 22.5. The number of nitrogens with zero attached hydrogens (tertiary/aromatic N) is 1. The number of carbonyl (C=O) groups excluding carboxylic acids is 1. The van der Waals surface area contributed by atoms with E-state index in [0.29, 0.717) is 28.0 Å². The molecular weight excluding hydrogens is 460 g/mol. The van der Waals surface area contributed by atoms with Crippen LogP contribution < -0.4 is 4.72 Å². The van der Waals surface area contributed by atoms with E-state index in [1.807, 2.05) is 36.4 Å². The summed E-state index contributed by atoms with van der Waals surface area (Å²) >= 11 is 0. The molecule has 0 aliphatic carbocycles. The highest BCUT2D eigenvalue weighted by molar-refractivity contribution is 7.90. The number of aromatic nitrogens is 1. The molecule has 0 unspecified atom stereocenters. The lowest BCUT2D eigenvalue weighted by Crippen LogP contribution is -2.31. The van der Waals surface area contributed by atoms with Crippen LogP contribution in [0.3, 0.4) is 0 Å². The molecule has 0 atom stereocenters. The predicted molar refractivity (Wildman–Crippen MR) is 130 cm³/mol. The third-order valence-electron chi connectivity index (χ3n) is 5.24. The lowest BCUT2D eigenvalue weighted by Gasteiger charge is -2.09. The second-order valence-electron chi connectivity index (χ2n) is 7.45. The zero-order valence-corrected chi connectivity index (χ0v) is 19.1. The van der Waals surface area contributed by atoms with E-state index in [0.717, 1.165) is 10.9 Å². The quantitative estimate of drug-likeness (QED) is 0.368. The second kappa shape index (κ2) is 8.69. The summed E-state index contributed by atoms with van der Waals surface area (Å²) in [4.78, 5) is 17.4. The number of sulfonamides is 1. The molecule has 0 aliphatic heterocycles. The molecule has 0 saturated heterocycles. The van der Waals surface area contributed by atoms with E-state index in [1.54, 1.807) is 43.3 Å². The highest BCUT2D eigenvalue weighted by Gasteiger charge is 2.21. The summed E-state index contributed by atoms with van der Waals surface area (Å²) < 4.78 is 33.3. The highest BCUT2D eigenvalue weighted by Crippen LogP contribution is 2.29. The van der Waals surface area contributed by atoms with Gasteiger partial charge in [0.2, 0.25) is 0 Å². The van der Waals surface area contributed by atoms with Crippen molar-refractivity contribution in [1.29, 1.82) is 0 Å². The second-order valence-corrected chi connectivity index (χ2v) is 9.10. The van der Waals surface area contributed by atoms with Crippen molar-refractivity contribution < 1.29 is 17.6 Å². The van der Waals surface area contributed by atoms with Crippen LogP contribution in [0.25, 0.3) is 33.3 Å². The van der Waals surface area contributed by atoms with E-state index < -0.39 is 15.9 Å². The first-order valence-corrected chi connectivity index (χ1v) is 11.4. The summed E-state index contributed by atoms with van der Waals surface area (Å²) in [5, 5.41) is 1.71. The van der Waals surface area contributed by atoms with Crippen LogP contribution >= 0.6 is 12.4 Å². The largest absolute Gasteiger partial charge is 0.454 e. The number of pyridine rings is 1. The number of fused-ring (bicyclic) bond motifs is 2. The summed E-state index contributed by atoms with van der Waals surface area (Å²) in [6, 6.07) is 24.7. The van der Waals surface area contributed by atoms with Gasteiger partial charge in [-0.3, -0.25) is 4.79 Å². The zero-order valence-electron chi connectivity index (χ0n) is 17.5. The van der Waals surface area contributed by atoms with E-state index in [9.17, 15) is 13.2 Å². The topological polar surface area (TPSA) is 89.3 Å². The van der Waals surface area contributed by atoms with Gasteiger partial charge in [-0.2, -0.15) is 0 Å². The van der Waals surface area contributed by atoms with Gasteiger partial charge in [0.1, 0.15) is 11.3 Å². The molecule has 5 rings (SSSR count). The Kier molecular flexibility index (Phi) is 5.93. The number of hydrogen-bond acceptors (Lipinski definition) is 5. The minimum Gasteiger partial charge on any atom is -0.454 e. The molecule has 0 aliphatic rings. The first-order valence-electron chi connectivity index (χ1n) is 9.93. The summed E-state index contributed by atoms with van der Waals surface area (Å²) in [6.45, 7) is 1.68. The van der Waals surface area contributed by atoms with Crippen molar-refractivity contribution in [3.63, 3.8) is 0 Å². The number of rotatable bonds is 4. The van der Waals surface area contributed by atoms with Crippen LogP contribution in [0.1, 0.15) is 15.9 Å². The number of aryl methyl sites for hydroxylation is 1. The molecule has 1 amide bonds. The van der Waals surface area contributed by atoms with Gasteiger partial charge in [-0.05, 0) is 55.0 Å². The number of carbonyl (C=O) groups is 1. The van der Waals surface area contributed by atoms with E-state index in [4.69, 9.17) is 4.42 Å². The number of amides is 1. The Morgan fingerprint density at radius 1 is 0.879 bits per heavy atom. The number of benzene rings is 3. The maximum atomic E-state index is 12.7. The van der Waals surface area contributed by atoms with Crippen molar-refractivity contribution in [2.75, 3.05) is 0 Å². The van der Waals surface area contributed by atoms with Gasteiger partial charge in [0.05, 0.1) is 10.4 Å². The van der Waals surface area contributed by atoms with Crippen LogP contribution in [-0.4, -0.2) is 19.3 Å². The Morgan fingerprint density at radius 2 is 1.64 bits per heavy atom. The third kappa shape index (κ3) is 4.33. The van der Waals surface area contributed by atoms with E-state index in [-0.39, 0.29) is 22.9 Å². The highest BCUT2D eigenvalue weighted by atomic mass is 35.5. The average Bonchev–Trinajstić information content (AvgIpc) is 3.22. The van der Waals surface area contributed by atoms with Crippen LogP contribution in [0.2, 0.25) is 0 Å².